The molecule has 1 saturated heterocycles. The van der Waals surface area contributed by atoms with Gasteiger partial charge in [-0.15, -0.1) is 0 Å². The van der Waals surface area contributed by atoms with Crippen molar-refractivity contribution in [2.45, 2.75) is 24.9 Å². The summed E-state index contributed by atoms with van der Waals surface area (Å²) in [5.41, 5.74) is 8.11. The number of urea groups is 1. The number of rotatable bonds is 5. The number of hydrogen-bond donors (Lipinski definition) is 3. The van der Waals surface area contributed by atoms with Crippen LogP contribution in [0.15, 0.2) is 42.6 Å². The Labute approximate surface area is 203 Å². The van der Waals surface area contributed by atoms with Crippen molar-refractivity contribution in [3.8, 4) is 17.1 Å². The minimum absolute atomic E-state index is 0.134. The molecule has 0 aliphatic carbocycles. The van der Waals surface area contributed by atoms with Crippen molar-refractivity contribution >= 4 is 22.8 Å². The second kappa shape index (κ2) is 9.36. The average Bonchev–Trinajstić information content (AvgIpc) is 3.34. The van der Waals surface area contributed by atoms with E-state index in [4.69, 9.17) is 10.5 Å². The molecule has 2 unspecified atom stereocenters. The molecule has 1 fully saturated rings. The van der Waals surface area contributed by atoms with E-state index in [1.807, 2.05) is 4.90 Å². The molecule has 9 nitrogen and oxygen atoms in total. The summed E-state index contributed by atoms with van der Waals surface area (Å²) in [7, 11) is 1.41. The number of nitrogens with two attached hydrogens (primary N) is 1. The van der Waals surface area contributed by atoms with Crippen LogP contribution in [0.25, 0.3) is 22.3 Å². The zero-order valence-electron chi connectivity index (χ0n) is 19.1. The molecule has 4 N–H and O–H groups in total. The Hall–Kier alpha value is -4.35. The van der Waals surface area contributed by atoms with Gasteiger partial charge in [-0.25, -0.2) is 27.9 Å². The number of piperidine rings is 1. The molecule has 2 aromatic heterocycles. The smallest absolute Gasteiger partial charge is 0.312 e. The zero-order chi connectivity index (χ0) is 25.4. The number of hydrogen-bond acceptors (Lipinski definition) is 6. The molecule has 0 saturated carbocycles. The first-order valence-corrected chi connectivity index (χ1v) is 11.2. The van der Waals surface area contributed by atoms with E-state index in [1.165, 1.54) is 19.2 Å². The monoisotopic (exact) mass is 497 g/mol. The molecule has 12 heteroatoms. The van der Waals surface area contributed by atoms with Gasteiger partial charge >= 0.3 is 6.03 Å². The Balaban J connectivity index is 1.63. The van der Waals surface area contributed by atoms with Gasteiger partial charge in [-0.1, -0.05) is 0 Å². The number of ether oxygens (including phenoxy) is 1. The fourth-order valence-corrected chi connectivity index (χ4v) is 4.59. The lowest BCUT2D eigenvalue weighted by Crippen LogP contribution is -2.48. The molecule has 36 heavy (non-hydrogen) atoms. The number of halogens is 3. The molecule has 1 aliphatic rings. The molecule has 0 spiro atoms. The number of methoxy groups -OCH3 is 1. The molecule has 2 amide bonds. The van der Waals surface area contributed by atoms with Gasteiger partial charge in [-0.3, -0.25) is 5.10 Å². The molecule has 5 rings (SSSR count). The van der Waals surface area contributed by atoms with Crippen LogP contribution in [0, 0.1) is 17.5 Å². The minimum Gasteiger partial charge on any atom is -0.480 e. The van der Waals surface area contributed by atoms with E-state index in [2.05, 4.69) is 25.5 Å². The third-order valence-electron chi connectivity index (χ3n) is 6.22. The summed E-state index contributed by atoms with van der Waals surface area (Å²) in [5, 5.41) is 9.90. The number of primary amides is 1. The van der Waals surface area contributed by atoms with Crippen molar-refractivity contribution < 1.29 is 22.7 Å². The fraction of sp³-hybridized carbons (Fsp3) is 0.250. The van der Waals surface area contributed by atoms with Crippen molar-refractivity contribution in [1.29, 1.82) is 0 Å². The fourth-order valence-electron chi connectivity index (χ4n) is 4.59. The van der Waals surface area contributed by atoms with E-state index < -0.39 is 23.7 Å². The van der Waals surface area contributed by atoms with Crippen molar-refractivity contribution in [3.63, 3.8) is 0 Å². The highest BCUT2D eigenvalue weighted by Gasteiger charge is 2.36. The Morgan fingerprint density at radius 1 is 1.14 bits per heavy atom. The number of anilines is 1. The minimum atomic E-state index is -1.05. The van der Waals surface area contributed by atoms with Gasteiger partial charge in [0.05, 0.1) is 41.8 Å². The van der Waals surface area contributed by atoms with Crippen molar-refractivity contribution in [2.75, 3.05) is 18.6 Å². The van der Waals surface area contributed by atoms with E-state index in [-0.39, 0.29) is 28.8 Å². The first kappa shape index (κ1) is 23.4. The van der Waals surface area contributed by atoms with E-state index in [1.54, 1.807) is 18.3 Å². The lowest BCUT2D eigenvalue weighted by Gasteiger charge is -2.40. The van der Waals surface area contributed by atoms with Crippen molar-refractivity contribution in [3.05, 3.63) is 65.7 Å². The Kier molecular flexibility index (Phi) is 6.08. The number of nitrogens with one attached hydrogen (secondary N) is 2. The first-order valence-electron chi connectivity index (χ1n) is 11.2. The Bertz CT molecular complexity index is 1430. The predicted octanol–water partition coefficient (Wildman–Crippen LogP) is 3.82. The SMILES string of the molecule is COc1nc2cc(F)c(F)cc2nc1C1CC(NC(N)=O)CCN1c1cn[nH]c1-c1ccc(F)cc1. The molecule has 2 atom stereocenters. The molecule has 186 valence electrons. The van der Waals surface area contributed by atoms with Gasteiger partial charge in [-0.2, -0.15) is 5.10 Å². The molecule has 0 radical (unpaired) electrons. The van der Waals surface area contributed by atoms with Gasteiger partial charge in [0, 0.05) is 30.3 Å². The molecule has 1 aliphatic heterocycles. The molecule has 2 aromatic carbocycles. The highest BCUT2D eigenvalue weighted by molar-refractivity contribution is 5.77. The van der Waals surface area contributed by atoms with E-state index in [0.717, 1.165) is 12.1 Å². The summed E-state index contributed by atoms with van der Waals surface area (Å²) in [5.74, 6) is -2.32. The van der Waals surface area contributed by atoms with Crippen molar-refractivity contribution in [1.82, 2.24) is 25.5 Å². The molecular weight excluding hydrogens is 475 g/mol. The standard InChI is InChI=1S/C24H22F3N7O2/c1-36-23-22(31-17-9-15(26)16(27)10-18(17)32-23)19-8-14(30-24(28)35)6-7-34(19)20-11-29-33-21(20)12-2-4-13(25)5-3-12/h2-5,9-11,14,19H,6-8H2,1H3,(H,29,33)(H3,28,30,35). The van der Waals surface area contributed by atoms with Crippen LogP contribution in [0.2, 0.25) is 0 Å². The summed E-state index contributed by atoms with van der Waals surface area (Å²) in [6.45, 7) is 0.462. The van der Waals surface area contributed by atoms with Crippen LogP contribution in [0.3, 0.4) is 0 Å². The summed E-state index contributed by atoms with van der Waals surface area (Å²) in [6, 6.07) is 6.48. The predicted molar refractivity (Wildman–Crippen MR) is 126 cm³/mol. The van der Waals surface area contributed by atoms with Gasteiger partial charge in [0.1, 0.15) is 11.5 Å². The first-order chi connectivity index (χ1) is 17.3. The highest BCUT2D eigenvalue weighted by atomic mass is 19.2. The molecule has 4 aromatic rings. The number of H-pyrrole nitrogens is 1. The van der Waals surface area contributed by atoms with Crippen LogP contribution in [0.1, 0.15) is 24.6 Å². The van der Waals surface area contributed by atoms with Gasteiger partial charge < -0.3 is 20.7 Å². The summed E-state index contributed by atoms with van der Waals surface area (Å²) in [4.78, 5) is 22.6. The maximum atomic E-state index is 14.0. The number of aromatic amines is 1. The highest BCUT2D eigenvalue weighted by Crippen LogP contribution is 2.41. The Morgan fingerprint density at radius 2 is 1.83 bits per heavy atom. The van der Waals surface area contributed by atoms with Crippen LogP contribution in [0.4, 0.5) is 23.7 Å². The normalized spacial score (nSPS) is 17.8. The van der Waals surface area contributed by atoms with Crippen LogP contribution in [0.5, 0.6) is 5.88 Å². The molecule has 0 bridgehead atoms. The second-order valence-corrected chi connectivity index (χ2v) is 8.45. The Morgan fingerprint density at radius 3 is 2.50 bits per heavy atom. The van der Waals surface area contributed by atoms with Gasteiger partial charge in [0.25, 0.3) is 0 Å². The van der Waals surface area contributed by atoms with Crippen LogP contribution < -0.4 is 20.7 Å². The maximum Gasteiger partial charge on any atom is 0.312 e. The van der Waals surface area contributed by atoms with E-state index in [9.17, 15) is 18.0 Å². The van der Waals surface area contributed by atoms with Gasteiger partial charge in [0.15, 0.2) is 11.6 Å². The van der Waals surface area contributed by atoms with Crippen LogP contribution in [-0.2, 0) is 0 Å². The lowest BCUT2D eigenvalue weighted by molar-refractivity contribution is 0.240. The number of fused-ring (bicyclic) bond motifs is 1. The number of aromatic nitrogens is 4. The summed E-state index contributed by atoms with van der Waals surface area (Å²) < 4.78 is 46.8. The number of carbonyl (C=O) groups is 1. The largest absolute Gasteiger partial charge is 0.480 e. The number of carbonyl (C=O) groups excluding carboxylic acids is 1. The zero-order valence-corrected chi connectivity index (χ0v) is 19.1. The maximum absolute atomic E-state index is 14.0. The number of amides is 2. The second-order valence-electron chi connectivity index (χ2n) is 8.45. The summed E-state index contributed by atoms with van der Waals surface area (Å²) >= 11 is 0. The summed E-state index contributed by atoms with van der Waals surface area (Å²) in [6.07, 6.45) is 2.58. The van der Waals surface area contributed by atoms with Gasteiger partial charge in [-0.05, 0) is 37.1 Å². The quantitative estimate of drug-likeness (QED) is 0.385. The van der Waals surface area contributed by atoms with Crippen LogP contribution in [-0.4, -0.2) is 45.9 Å². The lowest BCUT2D eigenvalue weighted by atomic mass is 9.93. The number of benzene rings is 2. The van der Waals surface area contributed by atoms with E-state index in [0.29, 0.717) is 42.0 Å². The van der Waals surface area contributed by atoms with Gasteiger partial charge in [0.2, 0.25) is 5.88 Å². The van der Waals surface area contributed by atoms with Crippen molar-refractivity contribution in [2.24, 2.45) is 5.73 Å². The third-order valence-corrected chi connectivity index (χ3v) is 6.22. The topological polar surface area (TPSA) is 122 Å². The van der Waals surface area contributed by atoms with Crippen LogP contribution >= 0.6 is 0 Å². The molecular formula is C24H22F3N7O2. The van der Waals surface area contributed by atoms with E-state index >= 15 is 0 Å². The third kappa shape index (κ3) is 4.37. The number of nitrogens with zero attached hydrogens (tertiary/aromatic N) is 4. The average molecular weight is 497 g/mol. The molecule has 3 heterocycles.